The van der Waals surface area contributed by atoms with Crippen LogP contribution in [-0.2, 0) is 12.8 Å². The summed E-state index contributed by atoms with van der Waals surface area (Å²) in [4.78, 5) is 19.6. The Morgan fingerprint density at radius 1 is 1.12 bits per heavy atom. The van der Waals surface area contributed by atoms with Crippen molar-refractivity contribution in [2.45, 2.75) is 40.0 Å². The van der Waals surface area contributed by atoms with E-state index in [0.29, 0.717) is 22.9 Å². The summed E-state index contributed by atoms with van der Waals surface area (Å²) in [6.07, 6.45) is 4.74. The second-order valence-electron chi connectivity index (χ2n) is 9.68. The van der Waals surface area contributed by atoms with Gasteiger partial charge in [0.25, 0.3) is 5.91 Å². The van der Waals surface area contributed by atoms with Crippen molar-refractivity contribution in [1.29, 1.82) is 0 Å². The van der Waals surface area contributed by atoms with Crippen LogP contribution in [0.15, 0.2) is 53.5 Å². The Balaban J connectivity index is 1.72. The van der Waals surface area contributed by atoms with E-state index in [1.54, 1.807) is 31.8 Å². The molecule has 1 aliphatic carbocycles. The standard InChI is InChI=1S/C28H32N2O3S/c1-28(2,3)19-13-14-21-24(16-19)34-27(29-17-18-9-8-10-20(15-18)32-4)25(21)26(31)30-22-11-6-7-12-23(22)33-5/h6-12,15,17,19H,13-14,16H2,1-5H3,(H,30,31)/t19-/m0/s1. The fourth-order valence-electron chi connectivity index (χ4n) is 4.42. The van der Waals surface area contributed by atoms with Crippen LogP contribution in [0.1, 0.15) is 53.6 Å². The number of nitrogens with zero attached hydrogens (tertiary/aromatic N) is 1. The van der Waals surface area contributed by atoms with Gasteiger partial charge in [0, 0.05) is 11.1 Å². The Kier molecular flexibility index (Phi) is 7.08. The van der Waals surface area contributed by atoms with E-state index in [0.717, 1.165) is 41.1 Å². The molecule has 1 aliphatic rings. The normalized spacial score (nSPS) is 15.7. The predicted octanol–water partition coefficient (Wildman–Crippen LogP) is 6.92. The molecule has 34 heavy (non-hydrogen) atoms. The van der Waals surface area contributed by atoms with Crippen LogP contribution in [0, 0.1) is 11.3 Å². The molecular weight excluding hydrogens is 444 g/mol. The molecule has 0 saturated carbocycles. The van der Waals surface area contributed by atoms with Gasteiger partial charge in [0.15, 0.2) is 0 Å². The number of methoxy groups -OCH3 is 2. The largest absolute Gasteiger partial charge is 0.497 e. The second-order valence-corrected chi connectivity index (χ2v) is 10.8. The molecule has 4 rings (SSSR count). The van der Waals surface area contributed by atoms with E-state index in [9.17, 15) is 4.79 Å². The van der Waals surface area contributed by atoms with Crippen molar-refractivity contribution in [3.8, 4) is 11.5 Å². The maximum Gasteiger partial charge on any atom is 0.259 e. The number of para-hydroxylation sites is 2. The van der Waals surface area contributed by atoms with Gasteiger partial charge in [-0.2, -0.15) is 0 Å². The van der Waals surface area contributed by atoms with Crippen molar-refractivity contribution in [2.75, 3.05) is 19.5 Å². The number of hydrogen-bond acceptors (Lipinski definition) is 5. The zero-order valence-electron chi connectivity index (χ0n) is 20.5. The molecule has 0 aliphatic heterocycles. The summed E-state index contributed by atoms with van der Waals surface area (Å²) in [5.41, 5.74) is 3.62. The maximum atomic E-state index is 13.6. The molecule has 0 saturated heterocycles. The van der Waals surface area contributed by atoms with Gasteiger partial charge < -0.3 is 14.8 Å². The SMILES string of the molecule is COc1cccc(C=Nc2sc3c(c2C(=O)Nc2ccccc2OC)CC[C@H](C(C)(C)C)C3)c1. The number of anilines is 1. The van der Waals surface area contributed by atoms with Gasteiger partial charge in [-0.3, -0.25) is 4.79 Å². The van der Waals surface area contributed by atoms with Crippen LogP contribution in [0.2, 0.25) is 0 Å². The summed E-state index contributed by atoms with van der Waals surface area (Å²) in [6.45, 7) is 6.90. The monoisotopic (exact) mass is 476 g/mol. The third kappa shape index (κ3) is 5.17. The summed E-state index contributed by atoms with van der Waals surface area (Å²) < 4.78 is 10.8. The molecule has 0 radical (unpaired) electrons. The second kappa shape index (κ2) is 10.0. The minimum Gasteiger partial charge on any atom is -0.497 e. The van der Waals surface area contributed by atoms with E-state index in [-0.39, 0.29) is 11.3 Å². The third-order valence-corrected chi connectivity index (χ3v) is 7.64. The van der Waals surface area contributed by atoms with E-state index in [1.165, 1.54) is 4.88 Å². The average Bonchev–Trinajstić information content (AvgIpc) is 3.20. The number of carbonyl (C=O) groups excluding carboxylic acids is 1. The molecule has 3 aromatic rings. The molecule has 1 aromatic heterocycles. The zero-order valence-corrected chi connectivity index (χ0v) is 21.3. The number of amides is 1. The fourth-order valence-corrected chi connectivity index (χ4v) is 5.69. The van der Waals surface area contributed by atoms with Gasteiger partial charge in [0.1, 0.15) is 16.5 Å². The minimum atomic E-state index is -0.144. The Bertz CT molecular complexity index is 1210. The van der Waals surface area contributed by atoms with E-state index in [2.05, 4.69) is 26.1 Å². The third-order valence-electron chi connectivity index (χ3n) is 6.48. The van der Waals surface area contributed by atoms with Crippen LogP contribution in [0.5, 0.6) is 11.5 Å². The molecule has 2 aromatic carbocycles. The highest BCUT2D eigenvalue weighted by Crippen LogP contribution is 2.45. The number of ether oxygens (including phenoxy) is 2. The van der Waals surface area contributed by atoms with Gasteiger partial charge in [0.05, 0.1) is 25.5 Å². The molecule has 0 spiro atoms. The van der Waals surface area contributed by atoms with E-state index >= 15 is 0 Å². The molecule has 5 nitrogen and oxygen atoms in total. The maximum absolute atomic E-state index is 13.6. The highest BCUT2D eigenvalue weighted by molar-refractivity contribution is 7.16. The number of aliphatic imine (C=N–C) groups is 1. The highest BCUT2D eigenvalue weighted by Gasteiger charge is 2.33. The lowest BCUT2D eigenvalue weighted by Crippen LogP contribution is -2.27. The number of carbonyl (C=O) groups is 1. The van der Waals surface area contributed by atoms with E-state index in [1.807, 2.05) is 48.5 Å². The fraction of sp³-hybridized carbons (Fsp3) is 0.357. The van der Waals surface area contributed by atoms with Crippen LogP contribution >= 0.6 is 11.3 Å². The molecule has 0 bridgehead atoms. The first kappa shape index (κ1) is 24.0. The lowest BCUT2D eigenvalue weighted by Gasteiger charge is -2.33. The van der Waals surface area contributed by atoms with Crippen LogP contribution in [-0.4, -0.2) is 26.3 Å². The Hall–Kier alpha value is -3.12. The van der Waals surface area contributed by atoms with Gasteiger partial charge in [-0.25, -0.2) is 4.99 Å². The first-order chi connectivity index (χ1) is 16.3. The summed E-state index contributed by atoms with van der Waals surface area (Å²) >= 11 is 1.64. The van der Waals surface area contributed by atoms with Gasteiger partial charge >= 0.3 is 0 Å². The number of hydrogen-bond donors (Lipinski definition) is 1. The topological polar surface area (TPSA) is 59.9 Å². The molecule has 1 N–H and O–H groups in total. The van der Waals surface area contributed by atoms with Crippen molar-refractivity contribution in [3.05, 3.63) is 70.1 Å². The summed E-state index contributed by atoms with van der Waals surface area (Å²) in [7, 11) is 3.25. The number of benzene rings is 2. The quantitative estimate of drug-likeness (QED) is 0.393. The lowest BCUT2D eigenvalue weighted by atomic mass is 9.72. The molecule has 178 valence electrons. The highest BCUT2D eigenvalue weighted by atomic mass is 32.1. The molecule has 0 fully saturated rings. The summed E-state index contributed by atoms with van der Waals surface area (Å²) in [5, 5.41) is 3.81. The molecule has 1 heterocycles. The average molecular weight is 477 g/mol. The predicted molar refractivity (Wildman–Crippen MR) is 140 cm³/mol. The lowest BCUT2D eigenvalue weighted by molar-refractivity contribution is 0.102. The van der Waals surface area contributed by atoms with Crippen molar-refractivity contribution >= 4 is 34.1 Å². The van der Waals surface area contributed by atoms with Crippen LogP contribution in [0.3, 0.4) is 0 Å². The first-order valence-corrected chi connectivity index (χ1v) is 12.4. The van der Waals surface area contributed by atoms with Crippen molar-refractivity contribution in [2.24, 2.45) is 16.3 Å². The molecule has 1 amide bonds. The Morgan fingerprint density at radius 2 is 1.91 bits per heavy atom. The van der Waals surface area contributed by atoms with Gasteiger partial charge in [-0.1, -0.05) is 45.0 Å². The van der Waals surface area contributed by atoms with Crippen molar-refractivity contribution in [1.82, 2.24) is 0 Å². The Morgan fingerprint density at radius 3 is 2.65 bits per heavy atom. The number of fused-ring (bicyclic) bond motifs is 1. The smallest absolute Gasteiger partial charge is 0.259 e. The Labute approximate surface area is 205 Å². The number of nitrogens with one attached hydrogen (secondary N) is 1. The van der Waals surface area contributed by atoms with Gasteiger partial charge in [-0.05, 0) is 66.0 Å². The van der Waals surface area contributed by atoms with E-state index < -0.39 is 0 Å². The molecule has 1 atom stereocenters. The van der Waals surface area contributed by atoms with Crippen molar-refractivity contribution < 1.29 is 14.3 Å². The van der Waals surface area contributed by atoms with E-state index in [4.69, 9.17) is 14.5 Å². The number of rotatable bonds is 6. The van der Waals surface area contributed by atoms with Gasteiger partial charge in [-0.15, -0.1) is 11.3 Å². The van der Waals surface area contributed by atoms with Gasteiger partial charge in [0.2, 0.25) is 0 Å². The van der Waals surface area contributed by atoms with Crippen molar-refractivity contribution in [3.63, 3.8) is 0 Å². The first-order valence-electron chi connectivity index (χ1n) is 11.6. The van der Waals surface area contributed by atoms with Crippen LogP contribution < -0.4 is 14.8 Å². The van der Waals surface area contributed by atoms with Crippen LogP contribution in [0.4, 0.5) is 10.7 Å². The summed E-state index contributed by atoms with van der Waals surface area (Å²) in [5.74, 6) is 1.85. The number of thiophene rings is 1. The summed E-state index contributed by atoms with van der Waals surface area (Å²) in [6, 6.07) is 15.2. The zero-order chi connectivity index (χ0) is 24.3. The van der Waals surface area contributed by atoms with Crippen LogP contribution in [0.25, 0.3) is 0 Å². The molecular formula is C28H32N2O3S. The molecule has 0 unspecified atom stereocenters. The minimum absolute atomic E-state index is 0.144. The molecule has 6 heteroatoms.